The molecule has 1 N–H and O–H groups in total. The van der Waals surface area contributed by atoms with Crippen molar-refractivity contribution in [1.82, 2.24) is 5.43 Å². The fraction of sp³-hybridized carbons (Fsp3) is 0.333. The quantitative estimate of drug-likeness (QED) is 0.675. The first-order chi connectivity index (χ1) is 8.54. The van der Waals surface area contributed by atoms with Crippen LogP contribution in [0.2, 0.25) is 5.02 Å². The molecule has 0 radical (unpaired) electrons. The van der Waals surface area contributed by atoms with Crippen molar-refractivity contribution >= 4 is 29.6 Å². The van der Waals surface area contributed by atoms with Crippen molar-refractivity contribution in [2.45, 2.75) is 6.92 Å². The fourth-order valence-electron chi connectivity index (χ4n) is 1.22. The van der Waals surface area contributed by atoms with Gasteiger partial charge >= 0.3 is 6.09 Å². The van der Waals surface area contributed by atoms with Gasteiger partial charge in [-0.1, -0.05) is 11.6 Å². The molecule has 6 heteroatoms. The van der Waals surface area contributed by atoms with E-state index in [1.54, 1.807) is 6.92 Å². The van der Waals surface area contributed by atoms with Crippen molar-refractivity contribution in [3.63, 3.8) is 0 Å². The highest BCUT2D eigenvalue weighted by Crippen LogP contribution is 2.21. The van der Waals surface area contributed by atoms with Crippen LogP contribution in [0.15, 0.2) is 23.3 Å². The fourth-order valence-corrected chi connectivity index (χ4v) is 1.44. The van der Waals surface area contributed by atoms with Gasteiger partial charge in [-0.3, -0.25) is 0 Å². The molecule has 0 unspecified atom stereocenters. The van der Waals surface area contributed by atoms with Crippen molar-refractivity contribution in [3.8, 4) is 0 Å². The van der Waals surface area contributed by atoms with Gasteiger partial charge in [0, 0.05) is 25.3 Å². The first-order valence-corrected chi connectivity index (χ1v) is 5.85. The molecule has 1 aromatic rings. The third-order valence-electron chi connectivity index (χ3n) is 2.14. The number of nitrogens with zero attached hydrogens (tertiary/aromatic N) is 2. The summed E-state index contributed by atoms with van der Waals surface area (Å²) < 4.78 is 4.66. The van der Waals surface area contributed by atoms with E-state index in [9.17, 15) is 4.79 Å². The van der Waals surface area contributed by atoms with Gasteiger partial charge in [0.2, 0.25) is 0 Å². The molecule has 0 aliphatic carbocycles. The van der Waals surface area contributed by atoms with E-state index in [1.807, 2.05) is 37.2 Å². The molecule has 18 heavy (non-hydrogen) atoms. The lowest BCUT2D eigenvalue weighted by atomic mass is 10.2. The van der Waals surface area contributed by atoms with Gasteiger partial charge < -0.3 is 9.64 Å². The number of halogens is 1. The van der Waals surface area contributed by atoms with Gasteiger partial charge in [-0.05, 0) is 25.1 Å². The van der Waals surface area contributed by atoms with Crippen molar-refractivity contribution in [3.05, 3.63) is 28.8 Å². The molecule has 0 fully saturated rings. The number of hydrogen-bond donors (Lipinski definition) is 1. The molecule has 0 heterocycles. The predicted molar refractivity (Wildman–Crippen MR) is 73.5 cm³/mol. The summed E-state index contributed by atoms with van der Waals surface area (Å²) >= 11 is 6.09. The van der Waals surface area contributed by atoms with Crippen LogP contribution < -0.4 is 10.3 Å². The van der Waals surface area contributed by atoms with E-state index in [0.717, 1.165) is 11.3 Å². The summed E-state index contributed by atoms with van der Waals surface area (Å²) in [7, 11) is 3.86. The van der Waals surface area contributed by atoms with Crippen LogP contribution in [0.3, 0.4) is 0 Å². The lowest BCUT2D eigenvalue weighted by Gasteiger charge is -2.12. The molecule has 1 rings (SSSR count). The Hall–Kier alpha value is -1.75. The number of amides is 1. The summed E-state index contributed by atoms with van der Waals surface area (Å²) in [5, 5.41) is 4.31. The summed E-state index contributed by atoms with van der Waals surface area (Å²) in [4.78, 5) is 12.9. The molecule has 0 saturated heterocycles. The number of carbonyl (C=O) groups is 1. The minimum absolute atomic E-state index is 0.305. The Morgan fingerprint density at radius 3 is 2.83 bits per heavy atom. The Morgan fingerprint density at radius 1 is 1.56 bits per heavy atom. The second-order valence-corrected chi connectivity index (χ2v) is 4.10. The van der Waals surface area contributed by atoms with Crippen molar-refractivity contribution in [1.29, 1.82) is 0 Å². The lowest BCUT2D eigenvalue weighted by molar-refractivity contribution is 0.152. The number of rotatable bonds is 4. The summed E-state index contributed by atoms with van der Waals surface area (Å²) in [6.07, 6.45) is 0.883. The van der Waals surface area contributed by atoms with Gasteiger partial charge in [0.15, 0.2) is 0 Å². The van der Waals surface area contributed by atoms with Crippen molar-refractivity contribution in [2.24, 2.45) is 5.10 Å². The van der Waals surface area contributed by atoms with Crippen LogP contribution in [0, 0.1) is 0 Å². The molecular weight excluding hydrogens is 254 g/mol. The molecular formula is C12H16ClN3O2. The molecule has 0 bridgehead atoms. The van der Waals surface area contributed by atoms with E-state index in [0.29, 0.717) is 11.6 Å². The predicted octanol–water partition coefficient (Wildman–Crippen LogP) is 2.49. The van der Waals surface area contributed by atoms with Crippen LogP contribution in [0.5, 0.6) is 0 Å². The second kappa shape index (κ2) is 6.86. The highest BCUT2D eigenvalue weighted by atomic mass is 35.5. The minimum Gasteiger partial charge on any atom is -0.449 e. The number of carbonyl (C=O) groups excluding carboxylic acids is 1. The first kappa shape index (κ1) is 14.3. The molecule has 1 aromatic carbocycles. The second-order valence-electron chi connectivity index (χ2n) is 3.69. The van der Waals surface area contributed by atoms with Crippen LogP contribution in [0.4, 0.5) is 10.5 Å². The summed E-state index contributed by atoms with van der Waals surface area (Å²) in [6.45, 7) is 2.03. The largest absolute Gasteiger partial charge is 0.449 e. The minimum atomic E-state index is -0.588. The van der Waals surface area contributed by atoms with Gasteiger partial charge in [-0.15, -0.1) is 0 Å². The number of ether oxygens (including phenoxy) is 1. The Balaban J connectivity index is 2.68. The topological polar surface area (TPSA) is 53.9 Å². The molecule has 5 nitrogen and oxygen atoms in total. The van der Waals surface area contributed by atoms with Gasteiger partial charge in [0.05, 0.1) is 17.8 Å². The summed E-state index contributed by atoms with van der Waals surface area (Å²) in [5.74, 6) is 0. The molecule has 0 spiro atoms. The van der Waals surface area contributed by atoms with Gasteiger partial charge in [0.1, 0.15) is 0 Å². The van der Waals surface area contributed by atoms with Crippen molar-refractivity contribution < 1.29 is 9.53 Å². The van der Waals surface area contributed by atoms with Crippen LogP contribution in [0.25, 0.3) is 0 Å². The number of benzene rings is 1. The Morgan fingerprint density at radius 2 is 2.28 bits per heavy atom. The third-order valence-corrected chi connectivity index (χ3v) is 2.46. The van der Waals surface area contributed by atoms with Crippen molar-refractivity contribution in [2.75, 3.05) is 25.6 Å². The first-order valence-electron chi connectivity index (χ1n) is 5.47. The smallest absolute Gasteiger partial charge is 0.427 e. The van der Waals surface area contributed by atoms with E-state index in [1.165, 1.54) is 6.21 Å². The van der Waals surface area contributed by atoms with Crippen LogP contribution in [-0.2, 0) is 4.74 Å². The average Bonchev–Trinajstić information content (AvgIpc) is 2.31. The van der Waals surface area contributed by atoms with E-state index >= 15 is 0 Å². The Kier molecular flexibility index (Phi) is 5.45. The Bertz CT molecular complexity index is 447. The molecule has 0 saturated carbocycles. The van der Waals surface area contributed by atoms with E-state index in [4.69, 9.17) is 11.6 Å². The van der Waals surface area contributed by atoms with Crippen LogP contribution >= 0.6 is 11.6 Å². The molecule has 0 aliphatic rings. The monoisotopic (exact) mass is 269 g/mol. The zero-order valence-corrected chi connectivity index (χ0v) is 11.4. The SMILES string of the molecule is CCOC(=O)NN=Cc1ccc(N(C)C)cc1Cl. The molecule has 0 aromatic heterocycles. The van der Waals surface area contributed by atoms with Gasteiger partial charge in [-0.2, -0.15) is 5.10 Å². The van der Waals surface area contributed by atoms with E-state index < -0.39 is 6.09 Å². The number of nitrogens with one attached hydrogen (secondary N) is 1. The Labute approximate surface area is 111 Å². The number of hydrazone groups is 1. The van der Waals surface area contributed by atoms with Gasteiger partial charge in [0.25, 0.3) is 0 Å². The highest BCUT2D eigenvalue weighted by molar-refractivity contribution is 6.33. The number of hydrogen-bond acceptors (Lipinski definition) is 4. The molecule has 0 aliphatic heterocycles. The van der Waals surface area contributed by atoms with Gasteiger partial charge in [-0.25, -0.2) is 10.2 Å². The molecule has 1 amide bonds. The lowest BCUT2D eigenvalue weighted by Crippen LogP contribution is -2.18. The maximum atomic E-state index is 11.0. The standard InChI is InChI=1S/C12H16ClN3O2/c1-4-18-12(17)15-14-8-9-5-6-10(16(2)3)7-11(9)13/h5-8H,4H2,1-3H3,(H,15,17). The zero-order chi connectivity index (χ0) is 13.5. The average molecular weight is 270 g/mol. The highest BCUT2D eigenvalue weighted by Gasteiger charge is 2.02. The van der Waals surface area contributed by atoms with Crippen LogP contribution in [0.1, 0.15) is 12.5 Å². The summed E-state index contributed by atoms with van der Waals surface area (Å²) in [5.41, 5.74) is 3.95. The van der Waals surface area contributed by atoms with E-state index in [2.05, 4.69) is 15.3 Å². The number of anilines is 1. The zero-order valence-electron chi connectivity index (χ0n) is 10.6. The van der Waals surface area contributed by atoms with E-state index in [-0.39, 0.29) is 0 Å². The van der Waals surface area contributed by atoms with Crippen LogP contribution in [-0.4, -0.2) is 33.0 Å². The maximum Gasteiger partial charge on any atom is 0.427 e. The molecule has 0 atom stereocenters. The normalized spacial score (nSPS) is 10.4. The molecule has 98 valence electrons. The summed E-state index contributed by atoms with van der Waals surface area (Å²) in [6, 6.07) is 5.57. The third kappa shape index (κ3) is 4.25. The maximum absolute atomic E-state index is 11.0.